The van der Waals surface area contributed by atoms with Crippen LogP contribution in [0.3, 0.4) is 0 Å². The number of aromatic nitrogens is 3. The maximum atomic E-state index is 11.8. The molecular formula is C15H19N5O2. The van der Waals surface area contributed by atoms with E-state index >= 15 is 0 Å². The molecule has 0 aromatic carbocycles. The van der Waals surface area contributed by atoms with Crippen molar-refractivity contribution in [1.82, 2.24) is 19.8 Å². The minimum absolute atomic E-state index is 0.207. The zero-order valence-electron chi connectivity index (χ0n) is 12.4. The fourth-order valence-electron chi connectivity index (χ4n) is 3.31. The van der Waals surface area contributed by atoms with Crippen LogP contribution in [0.1, 0.15) is 31.0 Å². The summed E-state index contributed by atoms with van der Waals surface area (Å²) in [5, 5.41) is 8.43. The van der Waals surface area contributed by atoms with Crippen LogP contribution < -0.4 is 4.90 Å². The molecule has 2 aliphatic heterocycles. The Bertz CT molecular complexity index is 651. The Morgan fingerprint density at radius 1 is 1.36 bits per heavy atom. The van der Waals surface area contributed by atoms with Crippen molar-refractivity contribution in [1.29, 1.82) is 0 Å². The number of anilines is 1. The van der Waals surface area contributed by atoms with Crippen LogP contribution in [0.2, 0.25) is 0 Å². The van der Waals surface area contributed by atoms with Crippen molar-refractivity contribution in [2.45, 2.75) is 31.8 Å². The molecule has 2 aromatic rings. The lowest BCUT2D eigenvalue weighted by molar-refractivity contribution is -0.117. The Balaban J connectivity index is 1.41. The van der Waals surface area contributed by atoms with Gasteiger partial charge in [0.05, 0.1) is 23.6 Å². The third kappa shape index (κ3) is 2.52. The van der Waals surface area contributed by atoms with Gasteiger partial charge in [-0.15, -0.1) is 0 Å². The molecule has 2 aliphatic rings. The minimum atomic E-state index is 0.207. The standard InChI is InChI=1S/C15H19N5O2/c21-15-2-1-5-19(15)14-8-16-20(11-14)13-3-6-18(10-13)9-12-4-7-22-17-12/h4,7-8,11,13H,1-3,5-6,9-10H2. The third-order valence-electron chi connectivity index (χ3n) is 4.47. The van der Waals surface area contributed by atoms with E-state index in [0.717, 1.165) is 50.4 Å². The number of likely N-dealkylation sites (tertiary alicyclic amines) is 1. The first-order valence-electron chi connectivity index (χ1n) is 7.76. The van der Waals surface area contributed by atoms with Crippen LogP contribution in [0.25, 0.3) is 0 Å². The molecule has 7 heteroatoms. The van der Waals surface area contributed by atoms with E-state index in [1.807, 2.05) is 28.0 Å². The lowest BCUT2D eigenvalue weighted by atomic mass is 10.3. The van der Waals surface area contributed by atoms with Gasteiger partial charge < -0.3 is 9.42 Å². The fraction of sp³-hybridized carbons (Fsp3) is 0.533. The highest BCUT2D eigenvalue weighted by atomic mass is 16.5. The Kier molecular flexibility index (Phi) is 3.42. The summed E-state index contributed by atoms with van der Waals surface area (Å²) in [6.45, 7) is 3.59. The average Bonchev–Trinajstić information content (AvgIpc) is 3.25. The van der Waals surface area contributed by atoms with Crippen LogP contribution in [0, 0.1) is 0 Å². The van der Waals surface area contributed by atoms with Gasteiger partial charge in [-0.1, -0.05) is 5.16 Å². The highest BCUT2D eigenvalue weighted by Gasteiger charge is 2.27. The zero-order chi connectivity index (χ0) is 14.9. The number of hydrogen-bond donors (Lipinski definition) is 0. The molecule has 1 unspecified atom stereocenters. The van der Waals surface area contributed by atoms with E-state index in [9.17, 15) is 4.79 Å². The summed E-state index contributed by atoms with van der Waals surface area (Å²) in [6.07, 6.45) is 8.08. The number of nitrogens with zero attached hydrogens (tertiary/aromatic N) is 5. The summed E-state index contributed by atoms with van der Waals surface area (Å²) in [6, 6.07) is 2.26. The predicted octanol–water partition coefficient (Wildman–Crippen LogP) is 1.44. The van der Waals surface area contributed by atoms with Crippen LogP contribution in [0.4, 0.5) is 5.69 Å². The molecule has 2 saturated heterocycles. The zero-order valence-corrected chi connectivity index (χ0v) is 12.4. The normalized spacial score (nSPS) is 22.8. The van der Waals surface area contributed by atoms with Crippen molar-refractivity contribution >= 4 is 11.6 Å². The second-order valence-corrected chi connectivity index (χ2v) is 6.00. The van der Waals surface area contributed by atoms with E-state index in [1.165, 1.54) is 0 Å². The fourth-order valence-corrected chi connectivity index (χ4v) is 3.31. The van der Waals surface area contributed by atoms with Gasteiger partial charge in [0.1, 0.15) is 6.26 Å². The molecule has 0 aliphatic carbocycles. The van der Waals surface area contributed by atoms with Crippen LogP contribution in [-0.2, 0) is 11.3 Å². The van der Waals surface area contributed by atoms with Crippen molar-refractivity contribution in [3.8, 4) is 0 Å². The summed E-state index contributed by atoms with van der Waals surface area (Å²) in [5.41, 5.74) is 1.89. The van der Waals surface area contributed by atoms with Crippen molar-refractivity contribution in [3.63, 3.8) is 0 Å². The van der Waals surface area contributed by atoms with E-state index in [-0.39, 0.29) is 5.91 Å². The van der Waals surface area contributed by atoms with E-state index < -0.39 is 0 Å². The van der Waals surface area contributed by atoms with Crippen molar-refractivity contribution in [3.05, 3.63) is 30.4 Å². The lowest BCUT2D eigenvalue weighted by Gasteiger charge is -2.15. The minimum Gasteiger partial charge on any atom is -0.364 e. The number of rotatable bonds is 4. The molecule has 4 rings (SSSR count). The molecular weight excluding hydrogens is 282 g/mol. The number of carbonyl (C=O) groups is 1. The Morgan fingerprint density at radius 3 is 3.09 bits per heavy atom. The summed E-state index contributed by atoms with van der Waals surface area (Å²) in [4.78, 5) is 16.0. The number of amides is 1. The topological polar surface area (TPSA) is 67.4 Å². The van der Waals surface area contributed by atoms with E-state index in [1.54, 1.807) is 6.26 Å². The highest BCUT2D eigenvalue weighted by molar-refractivity contribution is 5.95. The lowest BCUT2D eigenvalue weighted by Crippen LogP contribution is -2.23. The number of hydrogen-bond acceptors (Lipinski definition) is 5. The summed E-state index contributed by atoms with van der Waals surface area (Å²) in [7, 11) is 0. The second kappa shape index (κ2) is 5.57. The van der Waals surface area contributed by atoms with Crippen molar-refractivity contribution < 1.29 is 9.32 Å². The summed E-state index contributed by atoms with van der Waals surface area (Å²) < 4.78 is 6.88. The first-order chi connectivity index (χ1) is 10.8. The maximum absolute atomic E-state index is 11.8. The van der Waals surface area contributed by atoms with Crippen molar-refractivity contribution in [2.24, 2.45) is 0 Å². The molecule has 1 atom stereocenters. The first kappa shape index (κ1) is 13.5. The Morgan fingerprint density at radius 2 is 2.32 bits per heavy atom. The molecule has 0 radical (unpaired) electrons. The molecule has 1 amide bonds. The quantitative estimate of drug-likeness (QED) is 0.855. The van der Waals surface area contributed by atoms with Gasteiger partial charge in [0, 0.05) is 44.9 Å². The summed E-state index contributed by atoms with van der Waals surface area (Å²) in [5.74, 6) is 0.207. The third-order valence-corrected chi connectivity index (χ3v) is 4.47. The van der Waals surface area contributed by atoms with Crippen molar-refractivity contribution in [2.75, 3.05) is 24.5 Å². The molecule has 4 heterocycles. The van der Waals surface area contributed by atoms with Crippen LogP contribution in [-0.4, -0.2) is 45.4 Å². The van der Waals surface area contributed by atoms with E-state index in [0.29, 0.717) is 12.5 Å². The second-order valence-electron chi connectivity index (χ2n) is 6.00. The van der Waals surface area contributed by atoms with Gasteiger partial charge in [0.2, 0.25) is 5.91 Å². The van der Waals surface area contributed by atoms with Gasteiger partial charge in [-0.3, -0.25) is 14.4 Å². The summed E-state index contributed by atoms with van der Waals surface area (Å²) >= 11 is 0. The molecule has 0 N–H and O–H groups in total. The molecule has 7 nitrogen and oxygen atoms in total. The first-order valence-corrected chi connectivity index (χ1v) is 7.76. The van der Waals surface area contributed by atoms with Gasteiger partial charge in [-0.2, -0.15) is 5.10 Å². The largest absolute Gasteiger partial charge is 0.364 e. The molecule has 0 saturated carbocycles. The van der Waals surface area contributed by atoms with Crippen LogP contribution in [0.15, 0.2) is 29.2 Å². The highest BCUT2D eigenvalue weighted by Crippen LogP contribution is 2.26. The molecule has 116 valence electrons. The van der Waals surface area contributed by atoms with Gasteiger partial charge in [0.15, 0.2) is 0 Å². The van der Waals surface area contributed by atoms with E-state index in [4.69, 9.17) is 4.52 Å². The molecule has 0 bridgehead atoms. The predicted molar refractivity (Wildman–Crippen MR) is 79.2 cm³/mol. The van der Waals surface area contributed by atoms with Crippen LogP contribution in [0.5, 0.6) is 0 Å². The van der Waals surface area contributed by atoms with Gasteiger partial charge in [0.25, 0.3) is 0 Å². The van der Waals surface area contributed by atoms with Crippen LogP contribution >= 0.6 is 0 Å². The molecule has 22 heavy (non-hydrogen) atoms. The van der Waals surface area contributed by atoms with Gasteiger partial charge in [-0.05, 0) is 12.8 Å². The Labute approximate surface area is 128 Å². The van der Waals surface area contributed by atoms with E-state index in [2.05, 4.69) is 15.2 Å². The van der Waals surface area contributed by atoms with Gasteiger partial charge in [-0.25, -0.2) is 0 Å². The maximum Gasteiger partial charge on any atom is 0.227 e. The molecule has 0 spiro atoms. The monoisotopic (exact) mass is 301 g/mol. The van der Waals surface area contributed by atoms with Gasteiger partial charge >= 0.3 is 0 Å². The smallest absolute Gasteiger partial charge is 0.227 e. The Hall–Kier alpha value is -2.15. The average molecular weight is 301 g/mol. The molecule has 2 aromatic heterocycles. The molecule has 2 fully saturated rings. The number of carbonyl (C=O) groups excluding carboxylic acids is 1. The SMILES string of the molecule is O=C1CCCN1c1cnn(C2CCN(Cc3ccon3)C2)c1.